The molecule has 0 radical (unpaired) electrons. The van der Waals surface area contributed by atoms with Gasteiger partial charge in [-0.25, -0.2) is 0 Å². The number of carbonyl (C=O) groups excluding carboxylic acids is 1. The molecule has 0 aliphatic carbocycles. The summed E-state index contributed by atoms with van der Waals surface area (Å²) >= 11 is 6.01. The third-order valence-electron chi connectivity index (χ3n) is 3.48. The van der Waals surface area contributed by atoms with Gasteiger partial charge in [-0.2, -0.15) is 0 Å². The maximum absolute atomic E-state index is 12.3. The molecular weight excluding hydrogens is 266 g/mol. The summed E-state index contributed by atoms with van der Waals surface area (Å²) in [4.78, 5) is 14.1. The second kappa shape index (κ2) is 6.26. The largest absolute Gasteiger partial charge is 0.508 e. The predicted molar refractivity (Wildman–Crippen MR) is 73.6 cm³/mol. The predicted octanol–water partition coefficient (Wildman–Crippen LogP) is 2.54. The Morgan fingerprint density at radius 1 is 1.47 bits per heavy atom. The van der Waals surface area contributed by atoms with Crippen LogP contribution in [-0.4, -0.2) is 42.7 Å². The van der Waals surface area contributed by atoms with Crippen LogP contribution >= 0.6 is 11.6 Å². The van der Waals surface area contributed by atoms with Crippen molar-refractivity contribution in [3.05, 3.63) is 28.8 Å². The molecule has 0 bridgehead atoms. The minimum atomic E-state index is -0.114. The van der Waals surface area contributed by atoms with Crippen LogP contribution in [0.1, 0.15) is 23.2 Å². The average Bonchev–Trinajstić information content (AvgIpc) is 2.42. The molecule has 0 atom stereocenters. The van der Waals surface area contributed by atoms with Crippen LogP contribution in [0.3, 0.4) is 0 Å². The topological polar surface area (TPSA) is 49.8 Å². The van der Waals surface area contributed by atoms with Crippen molar-refractivity contribution in [1.82, 2.24) is 4.90 Å². The molecule has 0 unspecified atom stereocenters. The smallest absolute Gasteiger partial charge is 0.255 e. The number of ether oxygens (including phenoxy) is 1. The van der Waals surface area contributed by atoms with E-state index in [1.165, 1.54) is 12.1 Å². The molecule has 4 nitrogen and oxygen atoms in total. The number of halogens is 1. The summed E-state index contributed by atoms with van der Waals surface area (Å²) in [6.07, 6.45) is 1.88. The molecule has 1 amide bonds. The number of likely N-dealkylation sites (tertiary alicyclic amines) is 1. The van der Waals surface area contributed by atoms with Crippen molar-refractivity contribution < 1.29 is 14.6 Å². The van der Waals surface area contributed by atoms with Crippen LogP contribution in [0.5, 0.6) is 5.75 Å². The number of hydrogen-bond acceptors (Lipinski definition) is 3. The normalized spacial score (nSPS) is 16.6. The van der Waals surface area contributed by atoms with E-state index >= 15 is 0 Å². The summed E-state index contributed by atoms with van der Waals surface area (Å²) in [5, 5.41) is 9.83. The fourth-order valence-electron chi connectivity index (χ4n) is 2.39. The SMILES string of the molecule is COCC1CCN(C(=O)c2cc(O)ccc2Cl)CC1. The zero-order valence-electron chi connectivity index (χ0n) is 10.9. The maximum Gasteiger partial charge on any atom is 0.255 e. The van der Waals surface area contributed by atoms with E-state index in [2.05, 4.69) is 0 Å². The highest BCUT2D eigenvalue weighted by molar-refractivity contribution is 6.33. The highest BCUT2D eigenvalue weighted by Gasteiger charge is 2.24. The number of nitrogens with zero attached hydrogens (tertiary/aromatic N) is 1. The van der Waals surface area contributed by atoms with Crippen molar-refractivity contribution in [2.45, 2.75) is 12.8 Å². The van der Waals surface area contributed by atoms with Crippen LogP contribution in [0.15, 0.2) is 18.2 Å². The molecule has 104 valence electrons. The van der Waals surface area contributed by atoms with Gasteiger partial charge in [-0.1, -0.05) is 11.6 Å². The monoisotopic (exact) mass is 283 g/mol. The van der Waals surface area contributed by atoms with Gasteiger partial charge in [0.25, 0.3) is 5.91 Å². The number of rotatable bonds is 3. The molecule has 2 rings (SSSR count). The van der Waals surface area contributed by atoms with E-state index in [4.69, 9.17) is 16.3 Å². The first kappa shape index (κ1) is 14.2. The fourth-order valence-corrected chi connectivity index (χ4v) is 2.58. The Hall–Kier alpha value is -1.26. The van der Waals surface area contributed by atoms with Gasteiger partial charge in [-0.15, -0.1) is 0 Å². The Kier molecular flexibility index (Phi) is 4.66. The zero-order chi connectivity index (χ0) is 13.8. The molecule has 1 aromatic carbocycles. The van der Waals surface area contributed by atoms with Gasteiger partial charge in [-0.3, -0.25) is 4.79 Å². The van der Waals surface area contributed by atoms with Gasteiger partial charge in [0.15, 0.2) is 0 Å². The molecule has 1 heterocycles. The molecule has 1 fully saturated rings. The molecule has 5 heteroatoms. The van der Waals surface area contributed by atoms with Gasteiger partial charge in [0.1, 0.15) is 5.75 Å². The molecule has 0 saturated carbocycles. The van der Waals surface area contributed by atoms with E-state index in [0.717, 1.165) is 19.4 Å². The minimum Gasteiger partial charge on any atom is -0.508 e. The van der Waals surface area contributed by atoms with Crippen LogP contribution in [0.4, 0.5) is 0 Å². The first-order valence-electron chi connectivity index (χ1n) is 6.38. The third-order valence-corrected chi connectivity index (χ3v) is 3.81. The fraction of sp³-hybridized carbons (Fsp3) is 0.500. The lowest BCUT2D eigenvalue weighted by Crippen LogP contribution is -2.39. The van der Waals surface area contributed by atoms with Gasteiger partial charge in [-0.05, 0) is 37.0 Å². The number of hydrogen-bond donors (Lipinski definition) is 1. The van der Waals surface area contributed by atoms with Crippen molar-refractivity contribution in [1.29, 1.82) is 0 Å². The zero-order valence-corrected chi connectivity index (χ0v) is 11.7. The second-order valence-corrected chi connectivity index (χ2v) is 5.26. The number of piperidine rings is 1. The molecule has 1 aliphatic heterocycles. The van der Waals surface area contributed by atoms with Crippen LogP contribution < -0.4 is 0 Å². The van der Waals surface area contributed by atoms with Gasteiger partial charge in [0.05, 0.1) is 10.6 Å². The van der Waals surface area contributed by atoms with Crippen LogP contribution in [0.2, 0.25) is 5.02 Å². The molecule has 1 aliphatic rings. The summed E-state index contributed by atoms with van der Waals surface area (Å²) in [6, 6.07) is 4.44. The van der Waals surface area contributed by atoms with Gasteiger partial charge >= 0.3 is 0 Å². The summed E-state index contributed by atoms with van der Waals surface area (Å²) in [5.74, 6) is 0.465. The number of phenolic OH excluding ortho intramolecular Hbond substituents is 1. The van der Waals surface area contributed by atoms with Crippen molar-refractivity contribution in [2.75, 3.05) is 26.8 Å². The quantitative estimate of drug-likeness (QED) is 0.927. The first-order valence-corrected chi connectivity index (χ1v) is 6.76. The highest BCUT2D eigenvalue weighted by Crippen LogP contribution is 2.25. The summed E-state index contributed by atoms with van der Waals surface area (Å²) in [7, 11) is 1.70. The summed E-state index contributed by atoms with van der Waals surface area (Å²) < 4.78 is 5.14. The lowest BCUT2D eigenvalue weighted by molar-refractivity contribution is 0.0613. The lowest BCUT2D eigenvalue weighted by Gasteiger charge is -2.31. The van der Waals surface area contributed by atoms with E-state index in [1.54, 1.807) is 18.1 Å². The molecular formula is C14H18ClNO3. The Bertz CT molecular complexity index is 456. The van der Waals surface area contributed by atoms with E-state index in [1.807, 2.05) is 0 Å². The lowest BCUT2D eigenvalue weighted by atomic mass is 9.97. The molecule has 1 aromatic rings. The highest BCUT2D eigenvalue weighted by atomic mass is 35.5. The Morgan fingerprint density at radius 2 is 2.16 bits per heavy atom. The van der Waals surface area contributed by atoms with Crippen LogP contribution in [0, 0.1) is 5.92 Å². The molecule has 19 heavy (non-hydrogen) atoms. The number of methoxy groups -OCH3 is 1. The van der Waals surface area contributed by atoms with E-state index in [-0.39, 0.29) is 11.7 Å². The summed E-state index contributed by atoms with van der Waals surface area (Å²) in [6.45, 7) is 2.16. The third kappa shape index (κ3) is 3.39. The van der Waals surface area contributed by atoms with Crippen molar-refractivity contribution >= 4 is 17.5 Å². The summed E-state index contributed by atoms with van der Waals surface area (Å²) in [5.41, 5.74) is 0.367. The van der Waals surface area contributed by atoms with Crippen molar-refractivity contribution in [3.8, 4) is 5.75 Å². The number of carbonyl (C=O) groups is 1. The maximum atomic E-state index is 12.3. The van der Waals surface area contributed by atoms with Gasteiger partial charge < -0.3 is 14.7 Å². The van der Waals surface area contributed by atoms with Crippen molar-refractivity contribution in [3.63, 3.8) is 0 Å². The minimum absolute atomic E-state index is 0.0574. The van der Waals surface area contributed by atoms with E-state index in [0.29, 0.717) is 29.6 Å². The van der Waals surface area contributed by atoms with E-state index in [9.17, 15) is 9.90 Å². The van der Waals surface area contributed by atoms with Gasteiger partial charge in [0.2, 0.25) is 0 Å². The van der Waals surface area contributed by atoms with Gasteiger partial charge in [0, 0.05) is 26.8 Å². The second-order valence-electron chi connectivity index (χ2n) is 4.86. The number of phenols is 1. The standard InChI is InChI=1S/C14H18ClNO3/c1-19-9-10-4-6-16(7-5-10)14(18)12-8-11(17)2-3-13(12)15/h2-3,8,10,17H,4-7,9H2,1H3. The Morgan fingerprint density at radius 3 is 2.79 bits per heavy atom. The molecule has 1 N–H and O–H groups in total. The van der Waals surface area contributed by atoms with Crippen LogP contribution in [0.25, 0.3) is 0 Å². The molecule has 1 saturated heterocycles. The Balaban J connectivity index is 2.03. The Labute approximate surface area is 117 Å². The first-order chi connectivity index (χ1) is 9.11. The molecule has 0 aromatic heterocycles. The molecule has 0 spiro atoms. The van der Waals surface area contributed by atoms with E-state index < -0.39 is 0 Å². The van der Waals surface area contributed by atoms with Crippen LogP contribution in [-0.2, 0) is 4.74 Å². The average molecular weight is 284 g/mol. The number of benzene rings is 1. The van der Waals surface area contributed by atoms with Crippen molar-refractivity contribution in [2.24, 2.45) is 5.92 Å². The number of amides is 1. The number of aromatic hydroxyl groups is 1.